The third-order valence-corrected chi connectivity index (χ3v) is 4.15. The van der Waals surface area contributed by atoms with Crippen LogP contribution in [0.5, 0.6) is 0 Å². The van der Waals surface area contributed by atoms with Gasteiger partial charge in [-0.15, -0.1) is 0 Å². The van der Waals surface area contributed by atoms with Crippen molar-refractivity contribution in [3.63, 3.8) is 0 Å². The van der Waals surface area contributed by atoms with E-state index in [2.05, 4.69) is 46.4 Å². The molecule has 1 fully saturated rings. The molecule has 3 rings (SSSR count). The van der Waals surface area contributed by atoms with E-state index in [1.54, 1.807) is 12.1 Å². The SMILES string of the molecule is CN1CCN(c2ccc(NCc3ccc(F)cc3)cc2)CC1. The second kappa shape index (κ2) is 6.79. The average molecular weight is 299 g/mol. The van der Waals surface area contributed by atoms with Gasteiger partial charge in [0.25, 0.3) is 0 Å². The monoisotopic (exact) mass is 299 g/mol. The molecule has 1 saturated heterocycles. The normalized spacial score (nSPS) is 15.8. The van der Waals surface area contributed by atoms with Crippen LogP contribution in [0.3, 0.4) is 0 Å². The van der Waals surface area contributed by atoms with Crippen molar-refractivity contribution in [2.45, 2.75) is 6.54 Å². The van der Waals surface area contributed by atoms with E-state index in [-0.39, 0.29) is 5.82 Å². The molecule has 0 atom stereocenters. The fourth-order valence-electron chi connectivity index (χ4n) is 2.66. The molecule has 2 aromatic rings. The highest BCUT2D eigenvalue weighted by Crippen LogP contribution is 2.19. The molecule has 0 unspecified atom stereocenters. The molecule has 2 aromatic carbocycles. The highest BCUT2D eigenvalue weighted by atomic mass is 19.1. The molecule has 1 aliphatic heterocycles. The smallest absolute Gasteiger partial charge is 0.123 e. The van der Waals surface area contributed by atoms with Crippen molar-refractivity contribution >= 4 is 11.4 Å². The molecule has 3 nitrogen and oxygen atoms in total. The summed E-state index contributed by atoms with van der Waals surface area (Å²) in [5.41, 5.74) is 3.44. The van der Waals surface area contributed by atoms with Gasteiger partial charge in [0, 0.05) is 44.1 Å². The van der Waals surface area contributed by atoms with E-state index in [0.717, 1.165) is 37.4 Å². The Labute approximate surface area is 131 Å². The highest BCUT2D eigenvalue weighted by molar-refractivity contribution is 5.55. The first-order valence-corrected chi connectivity index (χ1v) is 7.72. The van der Waals surface area contributed by atoms with Gasteiger partial charge < -0.3 is 15.1 Å². The Bertz CT molecular complexity index is 587. The summed E-state index contributed by atoms with van der Waals surface area (Å²) in [5.74, 6) is -0.194. The largest absolute Gasteiger partial charge is 0.381 e. The molecule has 0 spiro atoms. The number of hydrogen-bond donors (Lipinski definition) is 1. The van der Waals surface area contributed by atoms with Crippen molar-refractivity contribution in [2.75, 3.05) is 43.4 Å². The zero-order chi connectivity index (χ0) is 15.4. The molecule has 116 valence electrons. The number of nitrogens with zero attached hydrogens (tertiary/aromatic N) is 2. The van der Waals surface area contributed by atoms with E-state index in [1.165, 1.54) is 17.8 Å². The number of anilines is 2. The fraction of sp³-hybridized carbons (Fsp3) is 0.333. The first kappa shape index (κ1) is 14.9. The number of benzene rings is 2. The van der Waals surface area contributed by atoms with Crippen molar-refractivity contribution in [3.05, 3.63) is 59.9 Å². The van der Waals surface area contributed by atoms with E-state index in [4.69, 9.17) is 0 Å². The lowest BCUT2D eigenvalue weighted by Crippen LogP contribution is -2.44. The van der Waals surface area contributed by atoms with Crippen LogP contribution in [-0.4, -0.2) is 38.1 Å². The summed E-state index contributed by atoms with van der Waals surface area (Å²) in [7, 11) is 2.17. The maximum absolute atomic E-state index is 12.9. The van der Waals surface area contributed by atoms with Crippen molar-refractivity contribution in [3.8, 4) is 0 Å². The minimum Gasteiger partial charge on any atom is -0.381 e. The first-order chi connectivity index (χ1) is 10.7. The van der Waals surface area contributed by atoms with Gasteiger partial charge in [0.2, 0.25) is 0 Å². The first-order valence-electron chi connectivity index (χ1n) is 7.72. The van der Waals surface area contributed by atoms with Crippen LogP contribution in [-0.2, 0) is 6.54 Å². The molecule has 0 saturated carbocycles. The summed E-state index contributed by atoms with van der Waals surface area (Å²) < 4.78 is 12.9. The van der Waals surface area contributed by atoms with E-state index in [0.29, 0.717) is 6.54 Å². The number of nitrogens with one attached hydrogen (secondary N) is 1. The third-order valence-electron chi connectivity index (χ3n) is 4.15. The molecule has 22 heavy (non-hydrogen) atoms. The van der Waals surface area contributed by atoms with Crippen molar-refractivity contribution in [1.29, 1.82) is 0 Å². The molecule has 0 bridgehead atoms. The average Bonchev–Trinajstić information content (AvgIpc) is 2.56. The van der Waals surface area contributed by atoms with Crippen molar-refractivity contribution in [2.24, 2.45) is 0 Å². The Kier molecular flexibility index (Phi) is 4.59. The lowest BCUT2D eigenvalue weighted by atomic mass is 10.2. The summed E-state index contributed by atoms with van der Waals surface area (Å²) in [6.45, 7) is 5.10. The Hall–Kier alpha value is -2.07. The third kappa shape index (κ3) is 3.77. The van der Waals surface area contributed by atoms with Gasteiger partial charge in [-0.3, -0.25) is 0 Å². The summed E-state index contributed by atoms with van der Waals surface area (Å²) in [4.78, 5) is 4.78. The molecular weight excluding hydrogens is 277 g/mol. The highest BCUT2D eigenvalue weighted by Gasteiger charge is 2.13. The van der Waals surface area contributed by atoms with Gasteiger partial charge in [-0.2, -0.15) is 0 Å². The molecule has 1 aliphatic rings. The van der Waals surface area contributed by atoms with Crippen LogP contribution in [0.4, 0.5) is 15.8 Å². The molecule has 0 amide bonds. The van der Waals surface area contributed by atoms with Gasteiger partial charge in [0.1, 0.15) is 5.82 Å². The van der Waals surface area contributed by atoms with Crippen LogP contribution in [0, 0.1) is 5.82 Å². The Morgan fingerprint density at radius 2 is 1.55 bits per heavy atom. The minimum absolute atomic E-state index is 0.194. The number of likely N-dealkylation sites (N-methyl/N-ethyl adjacent to an activating group) is 1. The van der Waals surface area contributed by atoms with E-state index >= 15 is 0 Å². The van der Waals surface area contributed by atoms with Gasteiger partial charge in [-0.05, 0) is 49.0 Å². The van der Waals surface area contributed by atoms with Crippen LogP contribution in [0.1, 0.15) is 5.56 Å². The number of piperazine rings is 1. The maximum atomic E-state index is 12.9. The lowest BCUT2D eigenvalue weighted by Gasteiger charge is -2.34. The Morgan fingerprint density at radius 1 is 0.909 bits per heavy atom. The number of rotatable bonds is 4. The number of hydrogen-bond acceptors (Lipinski definition) is 3. The maximum Gasteiger partial charge on any atom is 0.123 e. The van der Waals surface area contributed by atoms with Crippen molar-refractivity contribution in [1.82, 2.24) is 4.90 Å². The van der Waals surface area contributed by atoms with Crippen LogP contribution in [0.25, 0.3) is 0 Å². The Morgan fingerprint density at radius 3 is 2.18 bits per heavy atom. The topological polar surface area (TPSA) is 18.5 Å². The van der Waals surface area contributed by atoms with Crippen LogP contribution in [0.2, 0.25) is 0 Å². The minimum atomic E-state index is -0.194. The standard InChI is InChI=1S/C18H22FN3/c1-21-10-12-22(13-11-21)18-8-6-17(7-9-18)20-14-15-2-4-16(19)5-3-15/h2-9,20H,10-14H2,1H3. The van der Waals surface area contributed by atoms with Crippen LogP contribution >= 0.6 is 0 Å². The molecule has 0 aliphatic carbocycles. The second-order valence-electron chi connectivity index (χ2n) is 5.82. The van der Waals surface area contributed by atoms with E-state index < -0.39 is 0 Å². The number of halogens is 1. The predicted octanol–water partition coefficient (Wildman–Crippen LogP) is 3.19. The quantitative estimate of drug-likeness (QED) is 0.935. The summed E-state index contributed by atoms with van der Waals surface area (Å²) in [6.07, 6.45) is 0. The summed E-state index contributed by atoms with van der Waals surface area (Å²) >= 11 is 0. The van der Waals surface area contributed by atoms with Gasteiger partial charge in [0.05, 0.1) is 0 Å². The lowest BCUT2D eigenvalue weighted by molar-refractivity contribution is 0.313. The molecule has 0 aromatic heterocycles. The predicted molar refractivity (Wildman–Crippen MR) is 89.9 cm³/mol. The van der Waals surface area contributed by atoms with Crippen LogP contribution in [0.15, 0.2) is 48.5 Å². The molecule has 1 N–H and O–H groups in total. The Balaban J connectivity index is 1.56. The van der Waals surface area contributed by atoms with Gasteiger partial charge >= 0.3 is 0 Å². The van der Waals surface area contributed by atoms with E-state index in [9.17, 15) is 4.39 Å². The molecule has 4 heteroatoms. The second-order valence-corrected chi connectivity index (χ2v) is 5.82. The van der Waals surface area contributed by atoms with Crippen LogP contribution < -0.4 is 10.2 Å². The van der Waals surface area contributed by atoms with Gasteiger partial charge in [0.15, 0.2) is 0 Å². The molecular formula is C18H22FN3. The van der Waals surface area contributed by atoms with Gasteiger partial charge in [-0.25, -0.2) is 4.39 Å². The zero-order valence-electron chi connectivity index (χ0n) is 12.9. The summed E-state index contributed by atoms with van der Waals surface area (Å²) in [5, 5.41) is 3.37. The van der Waals surface area contributed by atoms with Crippen molar-refractivity contribution < 1.29 is 4.39 Å². The van der Waals surface area contributed by atoms with E-state index in [1.807, 2.05) is 0 Å². The summed E-state index contributed by atoms with van der Waals surface area (Å²) in [6, 6.07) is 15.1. The zero-order valence-corrected chi connectivity index (χ0v) is 12.9. The fourth-order valence-corrected chi connectivity index (χ4v) is 2.66. The molecule has 1 heterocycles. The molecule has 0 radical (unpaired) electrons. The van der Waals surface area contributed by atoms with Gasteiger partial charge in [-0.1, -0.05) is 12.1 Å².